The molecule has 0 aromatic carbocycles. The third-order valence-electron chi connectivity index (χ3n) is 2.98. The first-order chi connectivity index (χ1) is 7.18. The lowest BCUT2D eigenvalue weighted by atomic mass is 10.0. The van der Waals surface area contributed by atoms with Crippen molar-refractivity contribution in [1.82, 2.24) is 10.3 Å². The van der Waals surface area contributed by atoms with Gasteiger partial charge in [0.15, 0.2) is 0 Å². The maximum absolute atomic E-state index is 4.79. The first kappa shape index (κ1) is 11.1. The van der Waals surface area contributed by atoms with Gasteiger partial charge in [-0.15, -0.1) is 11.3 Å². The van der Waals surface area contributed by atoms with E-state index in [2.05, 4.69) is 26.1 Å². The molecule has 3 heteroatoms. The molecule has 0 amide bonds. The fourth-order valence-corrected chi connectivity index (χ4v) is 3.07. The highest BCUT2D eigenvalue weighted by Gasteiger charge is 2.20. The summed E-state index contributed by atoms with van der Waals surface area (Å²) < 4.78 is 0. The van der Waals surface area contributed by atoms with Gasteiger partial charge < -0.3 is 5.32 Å². The van der Waals surface area contributed by atoms with Gasteiger partial charge in [-0.1, -0.05) is 20.3 Å². The molecule has 2 nitrogen and oxygen atoms in total. The molecule has 1 aromatic heterocycles. The highest BCUT2D eigenvalue weighted by atomic mass is 32.1. The summed E-state index contributed by atoms with van der Waals surface area (Å²) in [6.07, 6.45) is 3.91. The van der Waals surface area contributed by atoms with Gasteiger partial charge in [-0.25, -0.2) is 4.98 Å². The number of hydrogen-bond acceptors (Lipinski definition) is 3. The summed E-state index contributed by atoms with van der Waals surface area (Å²) >= 11 is 1.86. The van der Waals surface area contributed by atoms with E-state index < -0.39 is 0 Å². The van der Waals surface area contributed by atoms with E-state index in [0.717, 1.165) is 6.54 Å². The van der Waals surface area contributed by atoms with Crippen LogP contribution in [0, 0.1) is 6.92 Å². The van der Waals surface area contributed by atoms with Crippen LogP contribution in [0.25, 0.3) is 0 Å². The number of aryl methyl sites for hydroxylation is 1. The van der Waals surface area contributed by atoms with Crippen molar-refractivity contribution in [3.05, 3.63) is 15.6 Å². The summed E-state index contributed by atoms with van der Waals surface area (Å²) in [4.78, 5) is 6.19. The quantitative estimate of drug-likeness (QED) is 0.833. The Labute approximate surface area is 96.1 Å². The summed E-state index contributed by atoms with van der Waals surface area (Å²) in [5.41, 5.74) is 1.31. The number of nitrogens with zero attached hydrogens (tertiary/aromatic N) is 1. The average molecular weight is 224 g/mol. The van der Waals surface area contributed by atoms with E-state index in [0.29, 0.717) is 12.0 Å². The predicted octanol–water partition coefficient (Wildman–Crippen LogP) is 3.39. The van der Waals surface area contributed by atoms with Crippen LogP contribution < -0.4 is 5.32 Å². The Morgan fingerprint density at radius 1 is 1.40 bits per heavy atom. The van der Waals surface area contributed by atoms with Crippen LogP contribution in [0.3, 0.4) is 0 Å². The van der Waals surface area contributed by atoms with Crippen LogP contribution >= 0.6 is 11.3 Å². The largest absolute Gasteiger partial charge is 0.309 e. The molecular formula is C12H20N2S. The molecule has 2 heterocycles. The van der Waals surface area contributed by atoms with Crippen LogP contribution in [0.1, 0.15) is 60.6 Å². The van der Waals surface area contributed by atoms with Crippen molar-refractivity contribution in [3.63, 3.8) is 0 Å². The highest BCUT2D eigenvalue weighted by Crippen LogP contribution is 2.31. The summed E-state index contributed by atoms with van der Waals surface area (Å²) in [7, 11) is 0. The Morgan fingerprint density at radius 3 is 2.73 bits per heavy atom. The van der Waals surface area contributed by atoms with Crippen LogP contribution in [-0.2, 0) is 0 Å². The smallest absolute Gasteiger partial charge is 0.0957 e. The average Bonchev–Trinajstić information content (AvgIpc) is 2.62. The fraction of sp³-hybridized carbons (Fsp3) is 0.750. The van der Waals surface area contributed by atoms with E-state index >= 15 is 0 Å². The predicted molar refractivity (Wildman–Crippen MR) is 65.5 cm³/mol. The second kappa shape index (κ2) is 4.62. The molecule has 1 aliphatic rings. The van der Waals surface area contributed by atoms with Crippen molar-refractivity contribution in [3.8, 4) is 0 Å². The standard InChI is InChI=1S/C12H20N2S/c1-8(2)12-14-11(9(3)15-12)10-6-4-5-7-13-10/h8,10,13H,4-7H2,1-3H3. The van der Waals surface area contributed by atoms with Crippen LogP contribution in [0.4, 0.5) is 0 Å². The van der Waals surface area contributed by atoms with Crippen LogP contribution in [0.2, 0.25) is 0 Å². The van der Waals surface area contributed by atoms with Gasteiger partial charge in [0.25, 0.3) is 0 Å². The van der Waals surface area contributed by atoms with Gasteiger partial charge in [-0.05, 0) is 26.3 Å². The minimum Gasteiger partial charge on any atom is -0.309 e. The second-order valence-electron chi connectivity index (χ2n) is 4.65. The molecule has 1 saturated heterocycles. The van der Waals surface area contributed by atoms with Gasteiger partial charge in [0, 0.05) is 10.8 Å². The molecule has 0 radical (unpaired) electrons. The molecule has 1 fully saturated rings. The van der Waals surface area contributed by atoms with E-state index in [9.17, 15) is 0 Å². The van der Waals surface area contributed by atoms with Gasteiger partial charge >= 0.3 is 0 Å². The van der Waals surface area contributed by atoms with E-state index in [1.54, 1.807) is 0 Å². The summed E-state index contributed by atoms with van der Waals surface area (Å²) in [5, 5.41) is 4.86. The fourth-order valence-electron chi connectivity index (χ4n) is 2.08. The van der Waals surface area contributed by atoms with Gasteiger partial charge in [-0.2, -0.15) is 0 Å². The molecule has 1 N–H and O–H groups in total. The van der Waals surface area contributed by atoms with E-state index in [1.165, 1.54) is 34.8 Å². The molecule has 1 atom stereocenters. The lowest BCUT2D eigenvalue weighted by Gasteiger charge is -2.22. The van der Waals surface area contributed by atoms with Crippen LogP contribution in [-0.4, -0.2) is 11.5 Å². The number of rotatable bonds is 2. The number of thiazole rings is 1. The Kier molecular flexibility index (Phi) is 3.42. The molecule has 0 bridgehead atoms. The van der Waals surface area contributed by atoms with E-state index in [4.69, 9.17) is 4.98 Å². The zero-order chi connectivity index (χ0) is 10.8. The van der Waals surface area contributed by atoms with Gasteiger partial charge in [-0.3, -0.25) is 0 Å². The first-order valence-corrected chi connectivity index (χ1v) is 6.70. The number of nitrogens with one attached hydrogen (secondary N) is 1. The SMILES string of the molecule is Cc1sc(C(C)C)nc1C1CCCCN1. The normalized spacial score (nSPS) is 22.3. The molecule has 0 spiro atoms. The molecule has 1 aliphatic heterocycles. The van der Waals surface area contributed by atoms with Crippen molar-refractivity contribution >= 4 is 11.3 Å². The Morgan fingerprint density at radius 2 is 2.20 bits per heavy atom. The molecule has 1 aromatic rings. The zero-order valence-corrected chi connectivity index (χ0v) is 10.7. The van der Waals surface area contributed by atoms with Gasteiger partial charge in [0.05, 0.1) is 16.7 Å². The maximum Gasteiger partial charge on any atom is 0.0957 e. The summed E-state index contributed by atoms with van der Waals surface area (Å²) in [6.45, 7) is 7.79. The third-order valence-corrected chi connectivity index (χ3v) is 4.27. The Hall–Kier alpha value is -0.410. The number of piperidine rings is 1. The maximum atomic E-state index is 4.79. The molecule has 84 valence electrons. The molecule has 2 rings (SSSR count). The van der Waals surface area contributed by atoms with E-state index in [1.807, 2.05) is 11.3 Å². The third kappa shape index (κ3) is 2.40. The zero-order valence-electron chi connectivity index (χ0n) is 9.84. The summed E-state index contributed by atoms with van der Waals surface area (Å²) in [5.74, 6) is 0.561. The lowest BCUT2D eigenvalue weighted by Crippen LogP contribution is -2.27. The molecule has 15 heavy (non-hydrogen) atoms. The van der Waals surface area contributed by atoms with Gasteiger partial charge in [0.2, 0.25) is 0 Å². The highest BCUT2D eigenvalue weighted by molar-refractivity contribution is 7.11. The van der Waals surface area contributed by atoms with Crippen molar-refractivity contribution in [2.75, 3.05) is 6.54 Å². The van der Waals surface area contributed by atoms with Crippen molar-refractivity contribution in [2.45, 2.75) is 52.0 Å². The minimum atomic E-state index is 0.516. The molecule has 1 unspecified atom stereocenters. The van der Waals surface area contributed by atoms with Crippen LogP contribution in [0.15, 0.2) is 0 Å². The van der Waals surface area contributed by atoms with Gasteiger partial charge in [0.1, 0.15) is 0 Å². The molecular weight excluding hydrogens is 204 g/mol. The summed E-state index contributed by atoms with van der Waals surface area (Å²) in [6, 6.07) is 0.516. The Bertz CT molecular complexity index is 324. The van der Waals surface area contributed by atoms with Crippen molar-refractivity contribution in [1.29, 1.82) is 0 Å². The van der Waals surface area contributed by atoms with Crippen LogP contribution in [0.5, 0.6) is 0 Å². The Balaban J connectivity index is 2.19. The second-order valence-corrected chi connectivity index (χ2v) is 5.89. The lowest BCUT2D eigenvalue weighted by molar-refractivity contribution is 0.405. The molecule has 0 saturated carbocycles. The monoisotopic (exact) mass is 224 g/mol. The van der Waals surface area contributed by atoms with Crippen molar-refractivity contribution in [2.24, 2.45) is 0 Å². The van der Waals surface area contributed by atoms with E-state index in [-0.39, 0.29) is 0 Å². The minimum absolute atomic E-state index is 0.516. The number of hydrogen-bond donors (Lipinski definition) is 1. The first-order valence-electron chi connectivity index (χ1n) is 5.89. The molecule has 0 aliphatic carbocycles. The van der Waals surface area contributed by atoms with Crippen molar-refractivity contribution < 1.29 is 0 Å². The number of aromatic nitrogens is 1. The topological polar surface area (TPSA) is 24.9 Å².